The summed E-state index contributed by atoms with van der Waals surface area (Å²) in [5.74, 6) is -0.715. The number of aryl methyl sites for hydroxylation is 1. The third-order valence-electron chi connectivity index (χ3n) is 4.97. The monoisotopic (exact) mass is 388 g/mol. The first-order chi connectivity index (χ1) is 14.0. The molecule has 0 unspecified atom stereocenters. The van der Waals surface area contributed by atoms with Crippen LogP contribution in [-0.4, -0.2) is 27.5 Å². The minimum Gasteiger partial charge on any atom is -0.319 e. The van der Waals surface area contributed by atoms with Crippen LogP contribution in [0.3, 0.4) is 0 Å². The van der Waals surface area contributed by atoms with Crippen LogP contribution in [0.25, 0.3) is 5.69 Å². The van der Waals surface area contributed by atoms with E-state index in [0.717, 1.165) is 11.4 Å². The molecule has 1 aliphatic rings. The average Bonchev–Trinajstić information content (AvgIpc) is 3.21. The van der Waals surface area contributed by atoms with Crippen molar-refractivity contribution >= 4 is 29.1 Å². The summed E-state index contributed by atoms with van der Waals surface area (Å²) in [5, 5.41) is 7.45. The van der Waals surface area contributed by atoms with Gasteiger partial charge in [-0.3, -0.25) is 19.3 Å². The lowest BCUT2D eigenvalue weighted by atomic mass is 10.1. The number of nitrogens with one attached hydrogen (secondary N) is 1. The van der Waals surface area contributed by atoms with Gasteiger partial charge >= 0.3 is 0 Å². The van der Waals surface area contributed by atoms with E-state index in [1.54, 1.807) is 28.9 Å². The molecule has 1 fully saturated rings. The summed E-state index contributed by atoms with van der Waals surface area (Å²) in [5.41, 5.74) is 4.03. The summed E-state index contributed by atoms with van der Waals surface area (Å²) in [4.78, 5) is 37.6. The Hall–Kier alpha value is -3.74. The highest BCUT2D eigenvalue weighted by Gasteiger charge is 2.30. The summed E-state index contributed by atoms with van der Waals surface area (Å²) in [6, 6.07) is 16.1. The summed E-state index contributed by atoms with van der Waals surface area (Å²) < 4.78 is 1.79. The number of hydrogen-bond acceptors (Lipinski definition) is 4. The molecule has 3 amide bonds. The van der Waals surface area contributed by atoms with Gasteiger partial charge < -0.3 is 5.32 Å². The fourth-order valence-electron chi connectivity index (χ4n) is 3.46. The van der Waals surface area contributed by atoms with Crippen molar-refractivity contribution in [3.63, 3.8) is 0 Å². The van der Waals surface area contributed by atoms with E-state index in [1.165, 1.54) is 4.90 Å². The van der Waals surface area contributed by atoms with Gasteiger partial charge in [0.15, 0.2) is 0 Å². The van der Waals surface area contributed by atoms with Crippen LogP contribution in [0.4, 0.5) is 11.4 Å². The van der Waals surface area contributed by atoms with Crippen molar-refractivity contribution < 1.29 is 14.4 Å². The Kier molecular flexibility index (Phi) is 4.72. The Morgan fingerprint density at radius 2 is 1.52 bits per heavy atom. The van der Waals surface area contributed by atoms with Crippen molar-refractivity contribution in [1.82, 2.24) is 9.78 Å². The van der Waals surface area contributed by atoms with Crippen molar-refractivity contribution in [3.05, 3.63) is 71.5 Å². The van der Waals surface area contributed by atoms with Crippen LogP contribution in [0.1, 0.15) is 34.6 Å². The zero-order chi connectivity index (χ0) is 20.5. The first kappa shape index (κ1) is 18.6. The minimum absolute atomic E-state index is 0.216. The standard InChI is InChI=1S/C22H20N4O3/c1-14-21(15(2)26(24-14)18-6-4-3-5-7-18)23-22(29)16-8-10-17(11-9-16)25-19(27)12-13-20(25)28/h3-11H,12-13H2,1-2H3,(H,23,29). The lowest BCUT2D eigenvalue weighted by Gasteiger charge is -2.14. The molecule has 1 N–H and O–H groups in total. The predicted molar refractivity (Wildman–Crippen MR) is 109 cm³/mol. The van der Waals surface area contributed by atoms with Crippen LogP contribution in [0.15, 0.2) is 54.6 Å². The highest BCUT2D eigenvalue weighted by atomic mass is 16.2. The molecule has 146 valence electrons. The number of para-hydroxylation sites is 1. The van der Waals surface area contributed by atoms with E-state index in [4.69, 9.17) is 0 Å². The molecule has 1 aromatic heterocycles. The zero-order valence-corrected chi connectivity index (χ0v) is 16.2. The highest BCUT2D eigenvalue weighted by Crippen LogP contribution is 2.25. The molecule has 29 heavy (non-hydrogen) atoms. The molecule has 7 heteroatoms. The quantitative estimate of drug-likeness (QED) is 0.695. The van der Waals surface area contributed by atoms with Gasteiger partial charge in [-0.25, -0.2) is 4.68 Å². The first-order valence-corrected chi connectivity index (χ1v) is 9.34. The molecule has 1 aliphatic heterocycles. The second kappa shape index (κ2) is 7.35. The van der Waals surface area contributed by atoms with E-state index in [9.17, 15) is 14.4 Å². The maximum atomic E-state index is 12.7. The van der Waals surface area contributed by atoms with Gasteiger partial charge in [-0.2, -0.15) is 5.10 Å². The van der Waals surface area contributed by atoms with Gasteiger partial charge in [0.25, 0.3) is 5.91 Å². The second-order valence-electron chi connectivity index (χ2n) is 6.92. The molecule has 0 spiro atoms. The number of hydrogen-bond donors (Lipinski definition) is 1. The topological polar surface area (TPSA) is 84.3 Å². The lowest BCUT2D eigenvalue weighted by Crippen LogP contribution is -2.28. The highest BCUT2D eigenvalue weighted by molar-refractivity contribution is 6.20. The molecule has 7 nitrogen and oxygen atoms in total. The second-order valence-corrected chi connectivity index (χ2v) is 6.92. The van der Waals surface area contributed by atoms with E-state index < -0.39 is 0 Å². The lowest BCUT2D eigenvalue weighted by molar-refractivity contribution is -0.121. The van der Waals surface area contributed by atoms with E-state index in [-0.39, 0.29) is 30.6 Å². The molecule has 2 aromatic carbocycles. The number of amides is 3. The molecule has 0 bridgehead atoms. The van der Waals surface area contributed by atoms with E-state index in [2.05, 4.69) is 10.4 Å². The van der Waals surface area contributed by atoms with Gasteiger partial charge in [-0.15, -0.1) is 0 Å². The Morgan fingerprint density at radius 3 is 2.14 bits per heavy atom. The number of carbonyl (C=O) groups excluding carboxylic acids is 3. The fraction of sp³-hybridized carbons (Fsp3) is 0.182. The van der Waals surface area contributed by atoms with Crippen LogP contribution in [0, 0.1) is 13.8 Å². The molecule has 0 atom stereocenters. The Bertz CT molecular complexity index is 1090. The van der Waals surface area contributed by atoms with Gasteiger partial charge in [0.05, 0.1) is 28.5 Å². The molecular weight excluding hydrogens is 368 g/mol. The number of imide groups is 1. The number of benzene rings is 2. The number of aromatic nitrogens is 2. The minimum atomic E-state index is -0.283. The van der Waals surface area contributed by atoms with Gasteiger partial charge in [0.1, 0.15) is 0 Å². The van der Waals surface area contributed by atoms with Gasteiger partial charge in [-0.1, -0.05) is 18.2 Å². The predicted octanol–water partition coefficient (Wildman–Crippen LogP) is 3.39. The smallest absolute Gasteiger partial charge is 0.255 e. The Labute approximate surface area is 167 Å². The normalized spacial score (nSPS) is 13.8. The van der Waals surface area contributed by atoms with Crippen LogP contribution >= 0.6 is 0 Å². The van der Waals surface area contributed by atoms with E-state index in [1.807, 2.05) is 44.2 Å². The number of rotatable bonds is 4. The van der Waals surface area contributed by atoms with E-state index >= 15 is 0 Å². The fourth-order valence-corrected chi connectivity index (χ4v) is 3.46. The molecule has 1 saturated heterocycles. The van der Waals surface area contributed by atoms with Crippen molar-refractivity contribution in [2.45, 2.75) is 26.7 Å². The molecule has 0 radical (unpaired) electrons. The van der Waals surface area contributed by atoms with Gasteiger partial charge in [0.2, 0.25) is 11.8 Å². The largest absolute Gasteiger partial charge is 0.319 e. The summed E-state index contributed by atoms with van der Waals surface area (Å²) in [6.07, 6.45) is 0.454. The molecule has 0 aliphatic carbocycles. The van der Waals surface area contributed by atoms with Crippen molar-refractivity contribution in [3.8, 4) is 5.69 Å². The zero-order valence-electron chi connectivity index (χ0n) is 16.2. The molecule has 4 rings (SSSR count). The maximum Gasteiger partial charge on any atom is 0.255 e. The molecular formula is C22H20N4O3. The summed E-state index contributed by atoms with van der Waals surface area (Å²) >= 11 is 0. The SMILES string of the molecule is Cc1nn(-c2ccccc2)c(C)c1NC(=O)c1ccc(N2C(=O)CCC2=O)cc1. The average molecular weight is 388 g/mol. The van der Waals surface area contributed by atoms with Crippen LogP contribution in [0.5, 0.6) is 0 Å². The number of anilines is 2. The molecule has 2 heterocycles. The Morgan fingerprint density at radius 1 is 0.897 bits per heavy atom. The van der Waals surface area contributed by atoms with Gasteiger partial charge in [-0.05, 0) is 50.2 Å². The van der Waals surface area contributed by atoms with Crippen LogP contribution < -0.4 is 10.2 Å². The van der Waals surface area contributed by atoms with Crippen molar-refractivity contribution in [2.75, 3.05) is 10.2 Å². The van der Waals surface area contributed by atoms with Crippen LogP contribution in [0.2, 0.25) is 0 Å². The number of carbonyl (C=O) groups is 3. The summed E-state index contributed by atoms with van der Waals surface area (Å²) in [7, 11) is 0. The third kappa shape index (κ3) is 3.42. The molecule has 3 aromatic rings. The summed E-state index contributed by atoms with van der Waals surface area (Å²) in [6.45, 7) is 3.74. The third-order valence-corrected chi connectivity index (χ3v) is 4.97. The number of nitrogens with zero attached hydrogens (tertiary/aromatic N) is 3. The van der Waals surface area contributed by atoms with Crippen LogP contribution in [-0.2, 0) is 9.59 Å². The van der Waals surface area contributed by atoms with E-state index in [0.29, 0.717) is 22.6 Å². The van der Waals surface area contributed by atoms with Gasteiger partial charge in [0, 0.05) is 18.4 Å². The van der Waals surface area contributed by atoms with Crippen molar-refractivity contribution in [1.29, 1.82) is 0 Å². The maximum absolute atomic E-state index is 12.7. The Balaban J connectivity index is 1.55. The van der Waals surface area contributed by atoms with Crippen molar-refractivity contribution in [2.24, 2.45) is 0 Å². The first-order valence-electron chi connectivity index (χ1n) is 9.34. The molecule has 0 saturated carbocycles.